The number of aliphatic imine (C=N–C) groups is 2. The largest absolute Gasteiger partial charge is 0.480 e. The van der Waals surface area contributed by atoms with E-state index in [1.165, 1.54) is 7.11 Å². The van der Waals surface area contributed by atoms with Gasteiger partial charge >= 0.3 is 0 Å². The average molecular weight is 156 g/mol. The second-order valence-electron chi connectivity index (χ2n) is 1.41. The van der Waals surface area contributed by atoms with Gasteiger partial charge in [0.1, 0.15) is 0 Å². The second-order valence-corrected chi connectivity index (χ2v) is 1.41. The minimum absolute atomic E-state index is 0.421. The molecule has 0 aliphatic heterocycles. The molecule has 0 bridgehead atoms. The molecule has 0 heterocycles. The van der Waals surface area contributed by atoms with Crippen molar-refractivity contribution in [3.63, 3.8) is 0 Å². The van der Waals surface area contributed by atoms with Gasteiger partial charge in [0.05, 0.1) is 12.8 Å². The first-order valence-electron chi connectivity index (χ1n) is 3.44. The van der Waals surface area contributed by atoms with Gasteiger partial charge in [0.2, 0.25) is 5.88 Å². The summed E-state index contributed by atoms with van der Waals surface area (Å²) in [4.78, 5) is 7.15. The molecule has 0 N–H and O–H groups in total. The fourth-order valence-electron chi connectivity index (χ4n) is 0.394. The van der Waals surface area contributed by atoms with Crippen molar-refractivity contribution < 1.29 is 4.74 Å². The summed E-state index contributed by atoms with van der Waals surface area (Å²) in [5.74, 6) is 0.421. The molecular weight excluding hydrogens is 140 g/mol. The number of rotatable bonds is 3. The van der Waals surface area contributed by atoms with E-state index in [-0.39, 0.29) is 0 Å². The Kier molecular flexibility index (Phi) is 10.1. The zero-order valence-corrected chi connectivity index (χ0v) is 7.72. The third-order valence-electron chi connectivity index (χ3n) is 0.884. The number of hydrogen-bond acceptors (Lipinski definition) is 3. The third kappa shape index (κ3) is 5.33. The summed E-state index contributed by atoms with van der Waals surface area (Å²) in [6, 6.07) is 0. The Morgan fingerprint density at radius 1 is 1.18 bits per heavy atom. The van der Waals surface area contributed by atoms with Gasteiger partial charge in [-0.1, -0.05) is 13.8 Å². The van der Waals surface area contributed by atoms with Crippen LogP contribution >= 0.6 is 0 Å². The first-order chi connectivity index (χ1) is 5.26. The highest BCUT2D eigenvalue weighted by Crippen LogP contribution is 2.04. The number of methoxy groups -OCH3 is 1. The van der Waals surface area contributed by atoms with Crippen LogP contribution in [0.15, 0.2) is 21.6 Å². The summed E-state index contributed by atoms with van der Waals surface area (Å²) < 4.78 is 4.77. The molecule has 0 aromatic rings. The van der Waals surface area contributed by atoms with E-state index in [1.807, 2.05) is 13.8 Å². The Morgan fingerprint density at radius 3 is 1.73 bits per heavy atom. The Bertz CT molecular complexity index is 150. The van der Waals surface area contributed by atoms with Crippen molar-refractivity contribution in [1.29, 1.82) is 0 Å². The minimum atomic E-state index is 0.421. The standard InChI is InChI=1S/C6H10N2O.C2H6/c1-5(7-2)6(8-3)9-4;1-2/h2-3H2,1,4H3;1-2H3/b6-5+;. The lowest BCUT2D eigenvalue weighted by molar-refractivity contribution is 0.284. The molecular formula is C8H16N2O. The number of nitrogens with zero attached hydrogens (tertiary/aromatic N) is 2. The highest BCUT2D eigenvalue weighted by atomic mass is 16.5. The first-order valence-corrected chi connectivity index (χ1v) is 3.44. The van der Waals surface area contributed by atoms with Crippen LogP contribution in [-0.4, -0.2) is 20.5 Å². The molecule has 0 saturated carbocycles. The van der Waals surface area contributed by atoms with Crippen molar-refractivity contribution in [1.82, 2.24) is 0 Å². The Labute approximate surface area is 68.5 Å². The quantitative estimate of drug-likeness (QED) is 0.455. The van der Waals surface area contributed by atoms with Gasteiger partial charge in [0, 0.05) is 0 Å². The van der Waals surface area contributed by atoms with Crippen LogP contribution in [0.3, 0.4) is 0 Å². The Hall–Kier alpha value is -1.12. The van der Waals surface area contributed by atoms with Crippen LogP contribution < -0.4 is 0 Å². The van der Waals surface area contributed by atoms with Crippen molar-refractivity contribution >= 4 is 13.4 Å². The fourth-order valence-corrected chi connectivity index (χ4v) is 0.394. The van der Waals surface area contributed by atoms with E-state index in [0.29, 0.717) is 11.6 Å². The zero-order valence-electron chi connectivity index (χ0n) is 7.72. The summed E-state index contributed by atoms with van der Waals surface area (Å²) in [5, 5.41) is 0. The molecule has 0 aliphatic carbocycles. The van der Waals surface area contributed by atoms with Gasteiger partial charge in [-0.25, -0.2) is 4.99 Å². The van der Waals surface area contributed by atoms with Crippen LogP contribution in [0.1, 0.15) is 20.8 Å². The van der Waals surface area contributed by atoms with Crippen LogP contribution in [0.25, 0.3) is 0 Å². The maximum absolute atomic E-state index is 4.77. The highest BCUT2D eigenvalue weighted by molar-refractivity contribution is 5.32. The van der Waals surface area contributed by atoms with Crippen molar-refractivity contribution in [3.05, 3.63) is 11.6 Å². The molecule has 0 amide bonds. The molecule has 64 valence electrons. The smallest absolute Gasteiger partial charge is 0.234 e. The zero-order chi connectivity index (χ0) is 9.28. The molecule has 3 nitrogen and oxygen atoms in total. The minimum Gasteiger partial charge on any atom is -0.480 e. The van der Waals surface area contributed by atoms with E-state index in [1.54, 1.807) is 6.92 Å². The van der Waals surface area contributed by atoms with Crippen molar-refractivity contribution in [3.8, 4) is 0 Å². The lowest BCUT2D eigenvalue weighted by Crippen LogP contribution is -1.84. The van der Waals surface area contributed by atoms with Gasteiger partial charge in [-0.3, -0.25) is 4.99 Å². The van der Waals surface area contributed by atoms with E-state index in [2.05, 4.69) is 23.4 Å². The third-order valence-corrected chi connectivity index (χ3v) is 0.884. The predicted octanol–water partition coefficient (Wildman–Crippen LogP) is 2.25. The first kappa shape index (κ1) is 12.5. The lowest BCUT2D eigenvalue weighted by atomic mass is 10.5. The van der Waals surface area contributed by atoms with Gasteiger partial charge in [-0.05, 0) is 20.4 Å². The van der Waals surface area contributed by atoms with Gasteiger partial charge in [-0.15, -0.1) is 0 Å². The molecule has 0 rings (SSSR count). The maximum Gasteiger partial charge on any atom is 0.234 e. The van der Waals surface area contributed by atoms with Crippen molar-refractivity contribution in [2.24, 2.45) is 9.98 Å². The number of ether oxygens (including phenoxy) is 1. The van der Waals surface area contributed by atoms with Crippen molar-refractivity contribution in [2.45, 2.75) is 20.8 Å². The summed E-state index contributed by atoms with van der Waals surface area (Å²) in [6.45, 7) is 12.3. The Balaban J connectivity index is 0. The van der Waals surface area contributed by atoms with Crippen LogP contribution in [-0.2, 0) is 4.74 Å². The molecule has 0 unspecified atom stereocenters. The monoisotopic (exact) mass is 156 g/mol. The van der Waals surface area contributed by atoms with Crippen LogP contribution in [0.4, 0.5) is 0 Å². The van der Waals surface area contributed by atoms with Gasteiger partial charge < -0.3 is 4.74 Å². The molecule has 11 heavy (non-hydrogen) atoms. The van der Waals surface area contributed by atoms with Gasteiger partial charge in [0.15, 0.2) is 0 Å². The lowest BCUT2D eigenvalue weighted by Gasteiger charge is -1.98. The fraction of sp³-hybridized carbons (Fsp3) is 0.500. The van der Waals surface area contributed by atoms with E-state index in [9.17, 15) is 0 Å². The molecule has 0 spiro atoms. The molecule has 0 aromatic heterocycles. The molecule has 0 saturated heterocycles. The molecule has 3 heteroatoms. The summed E-state index contributed by atoms with van der Waals surface area (Å²) in [5.41, 5.74) is 0.646. The van der Waals surface area contributed by atoms with Gasteiger partial charge in [-0.2, -0.15) is 0 Å². The average Bonchev–Trinajstić information content (AvgIpc) is 2.10. The summed E-state index contributed by atoms with van der Waals surface area (Å²) in [7, 11) is 1.51. The van der Waals surface area contributed by atoms with Crippen LogP contribution in [0.2, 0.25) is 0 Å². The van der Waals surface area contributed by atoms with E-state index in [4.69, 9.17) is 4.74 Å². The summed E-state index contributed by atoms with van der Waals surface area (Å²) in [6.07, 6.45) is 0. The topological polar surface area (TPSA) is 34.0 Å². The molecule has 0 radical (unpaired) electrons. The second kappa shape index (κ2) is 8.88. The van der Waals surface area contributed by atoms with E-state index in [0.717, 1.165) is 0 Å². The maximum atomic E-state index is 4.77. The van der Waals surface area contributed by atoms with Crippen LogP contribution in [0.5, 0.6) is 0 Å². The molecule has 0 aliphatic rings. The predicted molar refractivity (Wildman–Crippen MR) is 50.2 cm³/mol. The van der Waals surface area contributed by atoms with Crippen molar-refractivity contribution in [2.75, 3.05) is 7.11 Å². The normalized spacial score (nSPS) is 10.2. The molecule has 0 fully saturated rings. The van der Waals surface area contributed by atoms with Gasteiger partial charge in [0.25, 0.3) is 0 Å². The molecule has 0 atom stereocenters. The highest BCUT2D eigenvalue weighted by Gasteiger charge is 1.93. The SMILES string of the molecule is C=N/C(C)=C(\N=C)OC.CC. The van der Waals surface area contributed by atoms with E-state index < -0.39 is 0 Å². The Morgan fingerprint density at radius 2 is 1.64 bits per heavy atom. The molecule has 0 aromatic carbocycles. The number of allylic oxidation sites excluding steroid dienone is 1. The summed E-state index contributed by atoms with van der Waals surface area (Å²) >= 11 is 0. The number of hydrogen-bond donors (Lipinski definition) is 0. The van der Waals surface area contributed by atoms with E-state index >= 15 is 0 Å². The van der Waals surface area contributed by atoms with Crippen LogP contribution in [0, 0.1) is 0 Å².